The average Bonchev–Trinajstić information content (AvgIpc) is 3.73. The molecule has 75 heavy (non-hydrogen) atoms. The number of benzene rings is 2. The van der Waals surface area contributed by atoms with Crippen LogP contribution in [0, 0.1) is 23.7 Å². The maximum atomic E-state index is 13.9. The van der Waals surface area contributed by atoms with E-state index < -0.39 is 5.92 Å². The molecule has 2 aromatic carbocycles. The SMILES string of the molecule is CCN(CC)CC#Cc1nccc(N2CCN(c3cc(-c4cccc(-c5cccc(-c6cc(N7CC[C@@H](C)N(c8ccnc(C#CCN9CCCC(F)(F)C9)n8)CC7)c(N)nn6)c5O)c4O)nnc3N)CCC2C)n1. The van der Waals surface area contributed by atoms with Crippen LogP contribution in [0.15, 0.2) is 73.1 Å². The van der Waals surface area contributed by atoms with Crippen LogP contribution >= 0.6 is 0 Å². The van der Waals surface area contributed by atoms with Crippen LogP contribution in [-0.2, 0) is 0 Å². The standard InChI is InChI=1S/C55H64F2N16O2/c1-5-68(6-2)25-9-16-47-60-23-18-49(62-47)72-32-30-70(28-20-37(72)3)45-34-43(64-66-53(45)58)41-14-7-12-39(51(41)74)40-13-8-15-42(52(40)75)44-35-46(54(59)67-65-44)71-29-21-38(4)73(33-31-71)50-19-24-61-48(63-50)17-10-26-69-27-11-22-55(56,57)36-69/h7-8,12-15,18-19,23-24,34-35,37-38,74-75H,5-6,11,20-22,25-33,36H2,1-4H3,(H2,58,66)(H2,59,67)/t37?,38-/m1/s1. The predicted octanol–water partition coefficient (Wildman–Crippen LogP) is 6.41. The summed E-state index contributed by atoms with van der Waals surface area (Å²) in [6.45, 7) is 15.4. The van der Waals surface area contributed by atoms with Crippen molar-refractivity contribution in [1.82, 2.24) is 50.1 Å². The van der Waals surface area contributed by atoms with Crippen molar-refractivity contribution in [1.29, 1.82) is 0 Å². The van der Waals surface area contributed by atoms with Crippen LogP contribution in [0.4, 0.5) is 43.4 Å². The van der Waals surface area contributed by atoms with E-state index in [-0.39, 0.29) is 54.7 Å². The minimum atomic E-state index is -2.69. The van der Waals surface area contributed by atoms with Gasteiger partial charge in [-0.1, -0.05) is 50.0 Å². The average molecular weight is 1020 g/mol. The zero-order chi connectivity index (χ0) is 52.6. The van der Waals surface area contributed by atoms with Crippen LogP contribution in [0.2, 0.25) is 0 Å². The molecule has 1 unspecified atom stereocenters. The molecule has 6 N–H and O–H groups in total. The summed E-state index contributed by atoms with van der Waals surface area (Å²) in [6.07, 6.45) is 5.35. The normalized spacial score (nSPS) is 18.2. The molecule has 2 atom stereocenters. The minimum absolute atomic E-state index is 0.0892. The number of aromatic nitrogens is 8. The van der Waals surface area contributed by atoms with Crippen LogP contribution in [0.25, 0.3) is 33.6 Å². The molecule has 0 radical (unpaired) electrons. The van der Waals surface area contributed by atoms with Gasteiger partial charge in [0, 0.05) is 92.4 Å². The van der Waals surface area contributed by atoms with Gasteiger partial charge in [-0.05, 0) is 101 Å². The number of phenols is 2. The van der Waals surface area contributed by atoms with Crippen molar-refractivity contribution in [3.63, 3.8) is 0 Å². The quantitative estimate of drug-likeness (QED) is 0.103. The van der Waals surface area contributed by atoms with E-state index in [2.05, 4.69) is 106 Å². The van der Waals surface area contributed by atoms with E-state index >= 15 is 0 Å². The van der Waals surface area contributed by atoms with E-state index in [1.807, 2.05) is 24.3 Å². The maximum Gasteiger partial charge on any atom is 0.260 e. The Labute approximate surface area is 436 Å². The van der Waals surface area contributed by atoms with Crippen molar-refractivity contribution < 1.29 is 19.0 Å². The number of likely N-dealkylation sites (tertiary alicyclic amines) is 1. The van der Waals surface area contributed by atoms with Gasteiger partial charge in [-0.15, -0.1) is 20.4 Å². The molecule has 4 aromatic heterocycles. The van der Waals surface area contributed by atoms with Crippen molar-refractivity contribution in [2.75, 3.05) is 110 Å². The second-order valence-corrected chi connectivity index (χ2v) is 19.3. The molecule has 0 saturated carbocycles. The molecule has 0 spiro atoms. The fourth-order valence-electron chi connectivity index (χ4n) is 10.00. The number of nitrogen functional groups attached to an aromatic ring is 2. The molecule has 390 valence electrons. The number of aromatic hydroxyl groups is 2. The van der Waals surface area contributed by atoms with Gasteiger partial charge in [0.1, 0.15) is 23.1 Å². The molecule has 0 bridgehead atoms. The first-order valence-electron chi connectivity index (χ1n) is 25.7. The lowest BCUT2D eigenvalue weighted by molar-refractivity contribution is -0.0604. The van der Waals surface area contributed by atoms with E-state index in [4.69, 9.17) is 21.4 Å². The number of anilines is 6. The fourth-order valence-corrected chi connectivity index (χ4v) is 10.00. The Morgan fingerprint density at radius 1 is 0.653 bits per heavy atom. The molecular weight excluding hydrogens is 955 g/mol. The van der Waals surface area contributed by atoms with E-state index in [9.17, 15) is 19.0 Å². The number of alkyl halides is 2. The van der Waals surface area contributed by atoms with Crippen LogP contribution in [0.5, 0.6) is 11.5 Å². The van der Waals surface area contributed by atoms with Crippen LogP contribution in [0.1, 0.15) is 65.0 Å². The van der Waals surface area contributed by atoms with Crippen molar-refractivity contribution in [3.05, 3.63) is 84.7 Å². The molecule has 0 aliphatic carbocycles. The van der Waals surface area contributed by atoms with Gasteiger partial charge >= 0.3 is 0 Å². The van der Waals surface area contributed by atoms with Gasteiger partial charge in [0.05, 0.1) is 42.4 Å². The van der Waals surface area contributed by atoms with Crippen LogP contribution in [0.3, 0.4) is 0 Å². The minimum Gasteiger partial charge on any atom is -0.507 e. The Morgan fingerprint density at radius 2 is 1.15 bits per heavy atom. The number of para-hydroxylation sites is 2. The first kappa shape index (κ1) is 51.9. The first-order valence-corrected chi connectivity index (χ1v) is 25.7. The molecule has 3 fully saturated rings. The van der Waals surface area contributed by atoms with Crippen molar-refractivity contribution in [3.8, 4) is 68.8 Å². The zero-order valence-corrected chi connectivity index (χ0v) is 43.0. The summed E-state index contributed by atoms with van der Waals surface area (Å²) in [5.41, 5.74) is 16.8. The highest BCUT2D eigenvalue weighted by atomic mass is 19.3. The molecule has 3 aliphatic heterocycles. The molecule has 9 rings (SSSR count). The van der Waals surface area contributed by atoms with Gasteiger partial charge < -0.3 is 41.3 Å². The Morgan fingerprint density at radius 3 is 1.64 bits per heavy atom. The summed E-state index contributed by atoms with van der Waals surface area (Å²) < 4.78 is 27.8. The summed E-state index contributed by atoms with van der Waals surface area (Å²) in [7, 11) is 0. The summed E-state index contributed by atoms with van der Waals surface area (Å²) >= 11 is 0. The third-order valence-electron chi connectivity index (χ3n) is 14.4. The number of hydrogen-bond donors (Lipinski definition) is 4. The van der Waals surface area contributed by atoms with Gasteiger partial charge in [0.2, 0.25) is 11.6 Å². The molecule has 18 nitrogen and oxygen atoms in total. The Bertz CT molecular complexity index is 3120. The lowest BCUT2D eigenvalue weighted by Gasteiger charge is -2.30. The Kier molecular flexibility index (Phi) is 16.0. The molecule has 7 heterocycles. The number of rotatable bonds is 11. The fraction of sp³-hybridized carbons (Fsp3) is 0.418. The van der Waals surface area contributed by atoms with Gasteiger partial charge in [0.15, 0.2) is 11.6 Å². The van der Waals surface area contributed by atoms with E-state index in [1.165, 1.54) is 0 Å². The van der Waals surface area contributed by atoms with Crippen molar-refractivity contribution >= 4 is 34.6 Å². The number of halogens is 2. The molecular formula is C55H64F2N16O2. The molecule has 0 amide bonds. The maximum absolute atomic E-state index is 13.9. The first-order chi connectivity index (χ1) is 36.3. The molecule has 6 aromatic rings. The highest BCUT2D eigenvalue weighted by molar-refractivity contribution is 5.88. The van der Waals surface area contributed by atoms with Crippen molar-refractivity contribution in [2.24, 2.45) is 0 Å². The number of phenolic OH excluding ortho intramolecular Hbond substituents is 2. The third-order valence-corrected chi connectivity index (χ3v) is 14.4. The van der Waals surface area contributed by atoms with Gasteiger partial charge in [-0.25, -0.2) is 28.7 Å². The summed E-state index contributed by atoms with van der Waals surface area (Å²) in [4.78, 5) is 31.0. The summed E-state index contributed by atoms with van der Waals surface area (Å²) in [5, 5.41) is 41.6. The van der Waals surface area contributed by atoms with Gasteiger partial charge in [-0.2, -0.15) is 0 Å². The highest BCUT2D eigenvalue weighted by Gasteiger charge is 2.35. The second-order valence-electron chi connectivity index (χ2n) is 19.3. The van der Waals surface area contributed by atoms with Gasteiger partial charge in [-0.3, -0.25) is 9.80 Å². The molecule has 3 aliphatic rings. The lowest BCUT2D eigenvalue weighted by atomic mass is 9.96. The lowest BCUT2D eigenvalue weighted by Crippen LogP contribution is -2.42. The topological polar surface area (TPSA) is 215 Å². The van der Waals surface area contributed by atoms with Crippen molar-refractivity contribution in [2.45, 2.75) is 71.4 Å². The van der Waals surface area contributed by atoms with E-state index in [0.29, 0.717) is 121 Å². The molecule has 3 saturated heterocycles. The largest absolute Gasteiger partial charge is 0.507 e. The number of piperidine rings is 1. The van der Waals surface area contributed by atoms with Gasteiger partial charge in [0.25, 0.3) is 5.92 Å². The molecule has 20 heteroatoms. The second kappa shape index (κ2) is 23.1. The van der Waals surface area contributed by atoms with Crippen LogP contribution < -0.4 is 31.1 Å². The highest BCUT2D eigenvalue weighted by Crippen LogP contribution is 2.45. The van der Waals surface area contributed by atoms with E-state index in [1.54, 1.807) is 53.7 Å². The smallest absolute Gasteiger partial charge is 0.260 e. The third kappa shape index (κ3) is 12.0. The monoisotopic (exact) mass is 1020 g/mol. The Hall–Kier alpha value is -7.94. The van der Waals surface area contributed by atoms with Crippen LogP contribution in [-0.4, -0.2) is 157 Å². The number of hydrogen-bond acceptors (Lipinski definition) is 18. The Balaban J connectivity index is 0.899. The number of nitrogens with zero attached hydrogens (tertiary/aromatic N) is 14. The summed E-state index contributed by atoms with van der Waals surface area (Å²) in [6, 6.07) is 18.3. The zero-order valence-electron chi connectivity index (χ0n) is 43.0. The number of nitrogens with two attached hydrogens (primary N) is 2. The van der Waals surface area contributed by atoms with E-state index in [0.717, 1.165) is 31.7 Å². The predicted molar refractivity (Wildman–Crippen MR) is 290 cm³/mol. The summed E-state index contributed by atoms with van der Waals surface area (Å²) in [5.74, 6) is 12.3.